The van der Waals surface area contributed by atoms with Crippen molar-refractivity contribution in [3.05, 3.63) is 48.3 Å². The molecule has 112 valence electrons. The molecule has 3 aromatic rings. The van der Waals surface area contributed by atoms with Crippen LogP contribution in [-0.4, -0.2) is 27.5 Å². The van der Waals surface area contributed by atoms with Crippen LogP contribution in [0.25, 0.3) is 17.0 Å². The Morgan fingerprint density at radius 2 is 1.95 bits per heavy atom. The van der Waals surface area contributed by atoms with Gasteiger partial charge in [0.15, 0.2) is 0 Å². The maximum absolute atomic E-state index is 4.81. The summed E-state index contributed by atoms with van der Waals surface area (Å²) in [6.07, 6.45) is 5.34. The van der Waals surface area contributed by atoms with Crippen LogP contribution in [0.1, 0.15) is 25.5 Å². The minimum atomic E-state index is 0.812. The predicted molar refractivity (Wildman–Crippen MR) is 89.2 cm³/mol. The van der Waals surface area contributed by atoms with E-state index in [0.29, 0.717) is 0 Å². The van der Waals surface area contributed by atoms with Crippen LogP contribution < -0.4 is 4.90 Å². The normalized spacial score (nSPS) is 14.9. The molecule has 4 rings (SSSR count). The van der Waals surface area contributed by atoms with Gasteiger partial charge >= 0.3 is 0 Å². The Balaban J connectivity index is 2.01. The van der Waals surface area contributed by atoms with Crippen molar-refractivity contribution in [2.45, 2.75) is 26.2 Å². The molecule has 1 aliphatic rings. The Kier molecular flexibility index (Phi) is 3.29. The lowest BCUT2D eigenvalue weighted by atomic mass is 10.1. The van der Waals surface area contributed by atoms with Crippen molar-refractivity contribution in [1.29, 1.82) is 0 Å². The number of aromatic nitrogens is 3. The van der Waals surface area contributed by atoms with E-state index < -0.39 is 0 Å². The Morgan fingerprint density at radius 3 is 2.77 bits per heavy atom. The zero-order valence-electron chi connectivity index (χ0n) is 12.9. The summed E-state index contributed by atoms with van der Waals surface area (Å²) < 4.78 is 2.24. The van der Waals surface area contributed by atoms with Crippen LogP contribution in [0.3, 0.4) is 0 Å². The molecule has 0 fully saturated rings. The monoisotopic (exact) mass is 292 g/mol. The molecule has 0 amide bonds. The van der Waals surface area contributed by atoms with E-state index in [1.165, 1.54) is 35.6 Å². The maximum atomic E-state index is 4.81. The topological polar surface area (TPSA) is 33.4 Å². The first kappa shape index (κ1) is 13.3. The molecule has 22 heavy (non-hydrogen) atoms. The molecular formula is C18H20N4. The molecule has 0 aliphatic carbocycles. The summed E-state index contributed by atoms with van der Waals surface area (Å²) in [6.45, 7) is 4.32. The van der Waals surface area contributed by atoms with E-state index in [2.05, 4.69) is 57.6 Å². The quantitative estimate of drug-likeness (QED) is 0.724. The first-order chi connectivity index (χ1) is 10.9. The van der Waals surface area contributed by atoms with Gasteiger partial charge in [-0.15, -0.1) is 0 Å². The van der Waals surface area contributed by atoms with Gasteiger partial charge in [-0.25, -0.2) is 9.97 Å². The van der Waals surface area contributed by atoms with E-state index in [0.717, 1.165) is 25.3 Å². The lowest BCUT2D eigenvalue weighted by Gasteiger charge is -2.22. The van der Waals surface area contributed by atoms with Crippen molar-refractivity contribution >= 4 is 11.6 Å². The lowest BCUT2D eigenvalue weighted by Crippen LogP contribution is -2.25. The highest BCUT2D eigenvalue weighted by Crippen LogP contribution is 2.31. The molecule has 1 aliphatic heterocycles. The number of hydrogen-bond acceptors (Lipinski definition) is 3. The molecule has 0 saturated heterocycles. The molecule has 2 aromatic heterocycles. The number of fused-ring (bicyclic) bond motifs is 3. The minimum absolute atomic E-state index is 0.812. The van der Waals surface area contributed by atoms with Crippen LogP contribution >= 0.6 is 0 Å². The summed E-state index contributed by atoms with van der Waals surface area (Å²) in [5.74, 6) is 2.05. The first-order valence-electron chi connectivity index (χ1n) is 8.05. The van der Waals surface area contributed by atoms with E-state index in [4.69, 9.17) is 4.98 Å². The average molecular weight is 292 g/mol. The van der Waals surface area contributed by atoms with Crippen molar-refractivity contribution in [3.63, 3.8) is 0 Å². The fourth-order valence-corrected chi connectivity index (χ4v) is 3.34. The van der Waals surface area contributed by atoms with Crippen LogP contribution in [0.4, 0.5) is 5.82 Å². The van der Waals surface area contributed by atoms with Crippen LogP contribution in [0.2, 0.25) is 0 Å². The van der Waals surface area contributed by atoms with E-state index >= 15 is 0 Å². The van der Waals surface area contributed by atoms with Crippen LogP contribution in [0.15, 0.2) is 42.6 Å². The summed E-state index contributed by atoms with van der Waals surface area (Å²) in [5.41, 5.74) is 3.56. The molecule has 0 spiro atoms. The third kappa shape index (κ3) is 2.06. The Hall–Kier alpha value is -2.36. The highest BCUT2D eigenvalue weighted by Gasteiger charge is 2.22. The fourth-order valence-electron chi connectivity index (χ4n) is 3.34. The number of benzene rings is 1. The lowest BCUT2D eigenvalue weighted by molar-refractivity contribution is 0.717. The van der Waals surface area contributed by atoms with E-state index in [1.807, 2.05) is 6.20 Å². The molecule has 3 heterocycles. The van der Waals surface area contributed by atoms with Crippen molar-refractivity contribution in [2.24, 2.45) is 0 Å². The summed E-state index contributed by atoms with van der Waals surface area (Å²) in [5, 5.41) is 0. The van der Waals surface area contributed by atoms with Crippen LogP contribution in [0, 0.1) is 0 Å². The van der Waals surface area contributed by atoms with Crippen molar-refractivity contribution in [3.8, 4) is 11.3 Å². The van der Waals surface area contributed by atoms with Gasteiger partial charge in [0.05, 0.1) is 11.4 Å². The molecule has 1 aromatic carbocycles. The summed E-state index contributed by atoms with van der Waals surface area (Å²) in [6, 6.07) is 12.6. The van der Waals surface area contributed by atoms with Crippen LogP contribution in [-0.2, 0) is 6.42 Å². The molecule has 0 radical (unpaired) electrons. The standard InChI is InChI=1S/C18H20N4/c1-2-21-13-7-6-10-15-17(21)22-16(11-12-19-18(22)20-15)14-8-4-3-5-9-14/h3-5,8-9,11-12H,2,6-7,10,13H2,1H3. The minimum Gasteiger partial charge on any atom is -0.356 e. The van der Waals surface area contributed by atoms with Crippen molar-refractivity contribution < 1.29 is 0 Å². The number of imidazole rings is 1. The SMILES string of the molecule is CCN1CCCCc2nc3nccc(-c4ccccc4)n3c21. The highest BCUT2D eigenvalue weighted by molar-refractivity contribution is 5.67. The molecule has 0 N–H and O–H groups in total. The van der Waals surface area contributed by atoms with Crippen LogP contribution in [0.5, 0.6) is 0 Å². The van der Waals surface area contributed by atoms with Gasteiger partial charge in [0, 0.05) is 19.3 Å². The summed E-state index contributed by atoms with van der Waals surface area (Å²) in [7, 11) is 0. The zero-order valence-corrected chi connectivity index (χ0v) is 12.9. The van der Waals surface area contributed by atoms with Gasteiger partial charge in [-0.05, 0) is 37.8 Å². The summed E-state index contributed by atoms with van der Waals surface area (Å²) in [4.78, 5) is 11.7. The molecule has 0 saturated carbocycles. The molecule has 4 nitrogen and oxygen atoms in total. The Labute approximate surface area is 130 Å². The number of rotatable bonds is 2. The second-order valence-corrected chi connectivity index (χ2v) is 5.75. The van der Waals surface area contributed by atoms with Crippen molar-refractivity contribution in [2.75, 3.05) is 18.0 Å². The average Bonchev–Trinajstić information content (AvgIpc) is 2.82. The molecule has 0 unspecified atom stereocenters. The van der Waals surface area contributed by atoms with E-state index in [1.54, 1.807) is 0 Å². The molecule has 0 bridgehead atoms. The van der Waals surface area contributed by atoms with Crippen molar-refractivity contribution in [1.82, 2.24) is 14.4 Å². The molecule has 4 heteroatoms. The Morgan fingerprint density at radius 1 is 1.09 bits per heavy atom. The summed E-state index contributed by atoms with van der Waals surface area (Å²) >= 11 is 0. The zero-order chi connectivity index (χ0) is 14.9. The second kappa shape index (κ2) is 5.44. The molecule has 0 atom stereocenters. The smallest absolute Gasteiger partial charge is 0.236 e. The fraction of sp³-hybridized carbons (Fsp3) is 0.333. The van der Waals surface area contributed by atoms with Gasteiger partial charge in [0.25, 0.3) is 0 Å². The van der Waals surface area contributed by atoms with Gasteiger partial charge < -0.3 is 4.90 Å². The Bertz CT molecular complexity index is 791. The molecular weight excluding hydrogens is 272 g/mol. The second-order valence-electron chi connectivity index (χ2n) is 5.75. The number of nitrogens with zero attached hydrogens (tertiary/aromatic N) is 4. The van der Waals surface area contributed by atoms with Gasteiger partial charge in [-0.1, -0.05) is 30.3 Å². The maximum Gasteiger partial charge on any atom is 0.236 e. The third-order valence-corrected chi connectivity index (χ3v) is 4.41. The number of anilines is 1. The van der Waals surface area contributed by atoms with Gasteiger partial charge in [-0.3, -0.25) is 4.40 Å². The van der Waals surface area contributed by atoms with Gasteiger partial charge in [0.1, 0.15) is 5.82 Å². The van der Waals surface area contributed by atoms with Gasteiger partial charge in [0.2, 0.25) is 5.78 Å². The predicted octanol–water partition coefficient (Wildman–Crippen LogP) is 3.56. The first-order valence-corrected chi connectivity index (χ1v) is 8.05. The van der Waals surface area contributed by atoms with E-state index in [-0.39, 0.29) is 0 Å². The third-order valence-electron chi connectivity index (χ3n) is 4.41. The number of aryl methyl sites for hydroxylation is 1. The van der Waals surface area contributed by atoms with Gasteiger partial charge in [-0.2, -0.15) is 0 Å². The van der Waals surface area contributed by atoms with E-state index in [9.17, 15) is 0 Å². The highest BCUT2D eigenvalue weighted by atomic mass is 15.3. The number of hydrogen-bond donors (Lipinski definition) is 0. The largest absolute Gasteiger partial charge is 0.356 e.